The molecule has 0 aliphatic heterocycles. The zero-order valence-corrected chi connectivity index (χ0v) is 22.5. The third-order valence-corrected chi connectivity index (χ3v) is 7.88. The maximum absolute atomic E-state index is 13.0. The summed E-state index contributed by atoms with van der Waals surface area (Å²) in [4.78, 5) is 35.1. The van der Waals surface area contributed by atoms with E-state index in [0.717, 1.165) is 12.8 Å². The van der Waals surface area contributed by atoms with Crippen LogP contribution in [-0.2, 0) is 23.1 Å². The summed E-state index contributed by atoms with van der Waals surface area (Å²) in [5.41, 5.74) is 7.66. The van der Waals surface area contributed by atoms with Crippen molar-refractivity contribution in [1.82, 2.24) is 14.9 Å². The number of hydrogen-bond donors (Lipinski definition) is 1. The molecule has 1 fully saturated rings. The van der Waals surface area contributed by atoms with Gasteiger partial charge in [-0.25, -0.2) is 14.5 Å². The maximum Gasteiger partial charge on any atom is 0.455 e. The van der Waals surface area contributed by atoms with Gasteiger partial charge >= 0.3 is 13.7 Å². The minimum atomic E-state index is -3.67. The lowest BCUT2D eigenvalue weighted by Gasteiger charge is -2.33. The number of hydrogen-bond acceptors (Lipinski definition) is 8. The molecule has 3 rings (SSSR count). The van der Waals surface area contributed by atoms with Crippen molar-refractivity contribution in [3.8, 4) is 11.4 Å². The van der Waals surface area contributed by atoms with E-state index in [0.29, 0.717) is 35.4 Å². The van der Waals surface area contributed by atoms with Gasteiger partial charge in [-0.1, -0.05) is 24.3 Å². The van der Waals surface area contributed by atoms with E-state index in [1.807, 2.05) is 0 Å². The van der Waals surface area contributed by atoms with Crippen LogP contribution in [0.1, 0.15) is 55.5 Å². The van der Waals surface area contributed by atoms with Gasteiger partial charge in [-0.15, -0.1) is 0 Å². The fourth-order valence-electron chi connectivity index (χ4n) is 4.22. The monoisotopic (exact) mass is 531 g/mol. The van der Waals surface area contributed by atoms with Crippen LogP contribution in [0.25, 0.3) is 11.4 Å². The van der Waals surface area contributed by atoms with Crippen molar-refractivity contribution in [2.45, 2.75) is 45.6 Å². The van der Waals surface area contributed by atoms with Crippen LogP contribution in [0.15, 0.2) is 41.4 Å². The second-order valence-corrected chi connectivity index (χ2v) is 10.3. The molecule has 1 heterocycles. The van der Waals surface area contributed by atoms with Crippen LogP contribution in [0.3, 0.4) is 0 Å². The highest BCUT2D eigenvalue weighted by Crippen LogP contribution is 2.49. The van der Waals surface area contributed by atoms with Gasteiger partial charge in [0.25, 0.3) is 5.91 Å². The summed E-state index contributed by atoms with van der Waals surface area (Å²) in [6.45, 7) is 3.74. The number of carbonyl (C=O) groups is 2. The topological polar surface area (TPSA) is 146 Å². The van der Waals surface area contributed by atoms with Gasteiger partial charge in [0.15, 0.2) is 5.82 Å². The zero-order chi connectivity index (χ0) is 27.0. The number of amides is 1. The quantitative estimate of drug-likeness (QED) is 0.209. The summed E-state index contributed by atoms with van der Waals surface area (Å²) in [6.07, 6.45) is 5.89. The largest absolute Gasteiger partial charge is 0.469 e. The van der Waals surface area contributed by atoms with Crippen molar-refractivity contribution in [3.63, 3.8) is 0 Å². The second kappa shape index (κ2) is 12.9. The average Bonchev–Trinajstić information content (AvgIpc) is 2.92. The number of nitrogens with two attached hydrogens (primary N) is 1. The SMILES string of the molecule is CCOP(=O)(/N=C(\N)c1ccc(-c2ncc(C(=O)N(C)C3CCC(C(=O)OC)CC3)cn2)cc1)OCC. The summed E-state index contributed by atoms with van der Waals surface area (Å²) in [5.74, 6) is 0.0200. The molecule has 200 valence electrons. The van der Waals surface area contributed by atoms with Crippen molar-refractivity contribution in [2.24, 2.45) is 16.4 Å². The molecular weight excluding hydrogens is 497 g/mol. The van der Waals surface area contributed by atoms with Gasteiger partial charge in [0.2, 0.25) is 0 Å². The molecule has 0 saturated heterocycles. The Morgan fingerprint density at radius 1 is 1.03 bits per heavy atom. The van der Waals surface area contributed by atoms with Crippen LogP contribution in [0.5, 0.6) is 0 Å². The molecule has 1 aromatic carbocycles. The average molecular weight is 532 g/mol. The van der Waals surface area contributed by atoms with Gasteiger partial charge in [-0.05, 0) is 39.5 Å². The summed E-state index contributed by atoms with van der Waals surface area (Å²) >= 11 is 0. The van der Waals surface area contributed by atoms with E-state index >= 15 is 0 Å². The Balaban J connectivity index is 1.65. The van der Waals surface area contributed by atoms with Crippen LogP contribution < -0.4 is 5.73 Å². The Kier molecular flexibility index (Phi) is 9.91. The Morgan fingerprint density at radius 2 is 1.59 bits per heavy atom. The summed E-state index contributed by atoms with van der Waals surface area (Å²) in [5, 5.41) is 0. The van der Waals surface area contributed by atoms with Gasteiger partial charge in [-0.3, -0.25) is 18.6 Å². The first-order chi connectivity index (χ1) is 17.7. The number of ether oxygens (including phenoxy) is 1. The molecule has 1 saturated carbocycles. The smallest absolute Gasteiger partial charge is 0.455 e. The van der Waals surface area contributed by atoms with E-state index < -0.39 is 7.75 Å². The molecule has 1 aliphatic rings. The lowest BCUT2D eigenvalue weighted by Crippen LogP contribution is -2.40. The van der Waals surface area contributed by atoms with Crippen LogP contribution >= 0.6 is 7.75 Å². The fourth-order valence-corrected chi connectivity index (χ4v) is 5.45. The number of carbonyl (C=O) groups excluding carboxylic acids is 2. The standard InChI is InChI=1S/C25H34N5O6P/c1-5-35-37(33,36-6-2)29-22(26)17-7-9-18(10-8-17)23-27-15-20(16-28-23)24(31)30(3)21-13-11-19(12-14-21)25(32)34-4/h7-10,15-16,19,21H,5-6,11-14H2,1-4H3,(H2,26,29,33). The van der Waals surface area contributed by atoms with Crippen molar-refractivity contribution in [3.05, 3.63) is 47.8 Å². The van der Waals surface area contributed by atoms with E-state index in [2.05, 4.69) is 14.7 Å². The lowest BCUT2D eigenvalue weighted by atomic mass is 9.85. The first-order valence-corrected chi connectivity index (χ1v) is 13.7. The molecule has 11 nitrogen and oxygen atoms in total. The van der Waals surface area contributed by atoms with Gasteiger partial charge in [0, 0.05) is 36.6 Å². The predicted molar refractivity (Wildman–Crippen MR) is 139 cm³/mol. The molecule has 37 heavy (non-hydrogen) atoms. The first kappa shape index (κ1) is 28.4. The van der Waals surface area contributed by atoms with E-state index in [-0.39, 0.29) is 42.9 Å². The second-order valence-electron chi connectivity index (χ2n) is 8.61. The molecule has 2 aromatic rings. The minimum absolute atomic E-state index is 0.0299. The van der Waals surface area contributed by atoms with E-state index in [1.165, 1.54) is 19.5 Å². The highest BCUT2D eigenvalue weighted by atomic mass is 31.2. The lowest BCUT2D eigenvalue weighted by molar-refractivity contribution is -0.146. The molecule has 12 heteroatoms. The number of methoxy groups -OCH3 is 1. The molecular formula is C25H34N5O6P. The Labute approximate surface area is 217 Å². The van der Waals surface area contributed by atoms with Crippen molar-refractivity contribution >= 4 is 25.5 Å². The molecule has 1 aliphatic carbocycles. The van der Waals surface area contributed by atoms with Crippen LogP contribution in [-0.4, -0.2) is 66.0 Å². The van der Waals surface area contributed by atoms with Crippen LogP contribution in [0.2, 0.25) is 0 Å². The highest BCUT2D eigenvalue weighted by molar-refractivity contribution is 7.52. The molecule has 0 atom stereocenters. The van der Waals surface area contributed by atoms with E-state index in [4.69, 9.17) is 19.5 Å². The number of rotatable bonds is 10. The molecule has 1 aromatic heterocycles. The van der Waals surface area contributed by atoms with E-state index in [1.54, 1.807) is 50.1 Å². The molecule has 0 unspecified atom stereocenters. The Bertz CT molecular complexity index is 1140. The molecule has 0 radical (unpaired) electrons. The third-order valence-electron chi connectivity index (χ3n) is 6.25. The zero-order valence-electron chi connectivity index (χ0n) is 21.6. The Hall–Kier alpha value is -3.14. The maximum atomic E-state index is 13.0. The summed E-state index contributed by atoms with van der Waals surface area (Å²) in [6, 6.07) is 6.97. The molecule has 0 bridgehead atoms. The predicted octanol–water partition coefficient (Wildman–Crippen LogP) is 3.83. The summed E-state index contributed by atoms with van der Waals surface area (Å²) in [7, 11) is -0.507. The number of nitrogens with zero attached hydrogens (tertiary/aromatic N) is 4. The number of amidine groups is 1. The Morgan fingerprint density at radius 3 is 2.11 bits per heavy atom. The normalized spacial score (nSPS) is 18.3. The van der Waals surface area contributed by atoms with Crippen molar-refractivity contribution < 1.29 is 27.9 Å². The summed E-state index contributed by atoms with van der Waals surface area (Å²) < 4.78 is 31.7. The number of benzene rings is 1. The van der Waals surface area contributed by atoms with Gasteiger partial charge in [0.1, 0.15) is 5.84 Å². The van der Waals surface area contributed by atoms with Gasteiger partial charge in [-0.2, -0.15) is 4.76 Å². The first-order valence-electron chi connectivity index (χ1n) is 12.2. The highest BCUT2D eigenvalue weighted by Gasteiger charge is 2.31. The van der Waals surface area contributed by atoms with Gasteiger partial charge in [0.05, 0.1) is 31.8 Å². The number of aromatic nitrogens is 2. The van der Waals surface area contributed by atoms with Crippen LogP contribution in [0.4, 0.5) is 0 Å². The molecule has 1 amide bonds. The number of esters is 1. The third kappa shape index (κ3) is 7.21. The minimum Gasteiger partial charge on any atom is -0.469 e. The van der Waals surface area contributed by atoms with Crippen molar-refractivity contribution in [1.29, 1.82) is 0 Å². The molecule has 2 N–H and O–H groups in total. The van der Waals surface area contributed by atoms with Gasteiger partial charge < -0.3 is 15.4 Å². The van der Waals surface area contributed by atoms with Crippen molar-refractivity contribution in [2.75, 3.05) is 27.4 Å². The molecule has 0 spiro atoms. The fraction of sp³-hybridized carbons (Fsp3) is 0.480. The van der Waals surface area contributed by atoms with Crippen LogP contribution in [0, 0.1) is 5.92 Å². The van der Waals surface area contributed by atoms with E-state index in [9.17, 15) is 14.2 Å².